The lowest BCUT2D eigenvalue weighted by molar-refractivity contribution is -0.170. The van der Waals surface area contributed by atoms with Crippen molar-refractivity contribution in [3.05, 3.63) is 0 Å². The Balaban J connectivity index is 4.66. The van der Waals surface area contributed by atoms with E-state index < -0.39 is 44.1 Å². The minimum atomic E-state index is -5.03. The molecule has 0 saturated heterocycles. The van der Waals surface area contributed by atoms with Crippen LogP contribution in [0.4, 0.5) is 0 Å². The number of carbonyl (C=O) groups is 2. The molecule has 142 valence electrons. The Morgan fingerprint density at radius 1 is 1.08 bits per heavy atom. The first-order valence-electron chi connectivity index (χ1n) is 7.39. The zero-order valence-corrected chi connectivity index (χ0v) is 14.2. The third kappa shape index (κ3) is 8.81. The van der Waals surface area contributed by atoms with E-state index in [4.69, 9.17) is 21.9 Å². The highest BCUT2D eigenvalue weighted by molar-refractivity contribution is 7.53. The lowest BCUT2D eigenvalue weighted by Crippen LogP contribution is -2.46. The van der Waals surface area contributed by atoms with Crippen molar-refractivity contribution in [3.63, 3.8) is 0 Å². The fraction of sp³-hybridized carbons (Fsp3) is 0.833. The highest BCUT2D eigenvalue weighted by Crippen LogP contribution is 2.50. The van der Waals surface area contributed by atoms with Gasteiger partial charge in [0, 0.05) is 12.8 Å². The Morgan fingerprint density at radius 2 is 1.62 bits per heavy atom. The first-order chi connectivity index (χ1) is 11.1. The molecule has 0 aromatic heterocycles. The van der Waals surface area contributed by atoms with Crippen LogP contribution in [-0.4, -0.2) is 51.7 Å². The largest absolute Gasteiger partial charge is 0.393 e. The molecule has 11 nitrogen and oxygen atoms in total. The number of nitrogens with two attached hydrogens (primary N) is 3. The van der Waals surface area contributed by atoms with Crippen molar-refractivity contribution in [1.82, 2.24) is 0 Å². The van der Waals surface area contributed by atoms with Crippen molar-refractivity contribution < 1.29 is 38.5 Å². The van der Waals surface area contributed by atoms with Crippen molar-refractivity contribution in [2.24, 2.45) is 17.2 Å². The summed E-state index contributed by atoms with van der Waals surface area (Å²) < 4.78 is 20.8. The molecule has 0 bridgehead atoms. The van der Waals surface area contributed by atoms with Crippen LogP contribution in [0, 0.1) is 0 Å². The highest BCUT2D eigenvalue weighted by Gasteiger charge is 2.46. The van der Waals surface area contributed by atoms with Gasteiger partial charge < -0.3 is 35.8 Å². The van der Waals surface area contributed by atoms with E-state index in [1.54, 1.807) is 0 Å². The first kappa shape index (κ1) is 23.1. The van der Waals surface area contributed by atoms with Gasteiger partial charge in [0.25, 0.3) is 0 Å². The molecule has 0 heterocycles. The molecule has 0 radical (unpaired) electrons. The molecule has 0 spiro atoms. The van der Waals surface area contributed by atoms with Gasteiger partial charge in [-0.15, -0.1) is 0 Å². The SMILES string of the molecule is NCCCC(=O)OC(=O)CCC(N)(OC(O)CCCN)P(=O)(O)O. The normalized spacial score (nSPS) is 15.6. The Kier molecular flexibility index (Phi) is 10.4. The van der Waals surface area contributed by atoms with Crippen molar-refractivity contribution in [3.8, 4) is 0 Å². The second-order valence-electron chi connectivity index (χ2n) is 5.13. The van der Waals surface area contributed by atoms with Crippen LogP contribution in [0.3, 0.4) is 0 Å². The summed E-state index contributed by atoms with van der Waals surface area (Å²) in [7, 11) is -5.03. The summed E-state index contributed by atoms with van der Waals surface area (Å²) >= 11 is 0. The number of rotatable bonds is 12. The van der Waals surface area contributed by atoms with E-state index in [0.717, 1.165) is 0 Å². The lowest BCUT2D eigenvalue weighted by Gasteiger charge is -2.32. The second-order valence-corrected chi connectivity index (χ2v) is 6.98. The number of hydrogen-bond acceptors (Lipinski definition) is 9. The van der Waals surface area contributed by atoms with Crippen molar-refractivity contribution >= 4 is 19.5 Å². The van der Waals surface area contributed by atoms with Crippen LogP contribution in [0.5, 0.6) is 0 Å². The summed E-state index contributed by atoms with van der Waals surface area (Å²) in [6.07, 6.45) is -2.16. The van der Waals surface area contributed by atoms with E-state index in [-0.39, 0.29) is 25.9 Å². The average Bonchev–Trinajstić information content (AvgIpc) is 2.47. The van der Waals surface area contributed by atoms with Gasteiger partial charge >= 0.3 is 19.5 Å². The number of ether oxygens (including phenoxy) is 2. The third-order valence-electron chi connectivity index (χ3n) is 2.99. The van der Waals surface area contributed by atoms with Gasteiger partial charge in [0.05, 0.1) is 6.42 Å². The van der Waals surface area contributed by atoms with Gasteiger partial charge in [-0.25, -0.2) is 0 Å². The van der Waals surface area contributed by atoms with Gasteiger partial charge in [0.2, 0.25) is 5.47 Å². The molecule has 2 unspecified atom stereocenters. The third-order valence-corrected chi connectivity index (χ3v) is 4.30. The number of esters is 2. The molecule has 0 aliphatic heterocycles. The van der Waals surface area contributed by atoms with Crippen LogP contribution in [0.25, 0.3) is 0 Å². The highest BCUT2D eigenvalue weighted by atomic mass is 31.2. The van der Waals surface area contributed by atoms with Crippen LogP contribution < -0.4 is 17.2 Å². The fourth-order valence-corrected chi connectivity index (χ4v) is 2.28. The van der Waals surface area contributed by atoms with Crippen molar-refractivity contribution in [2.75, 3.05) is 13.1 Å². The topological polar surface area (TPSA) is 208 Å². The van der Waals surface area contributed by atoms with Gasteiger partial charge in [0.15, 0.2) is 6.29 Å². The molecule has 0 aliphatic carbocycles. The lowest BCUT2D eigenvalue weighted by atomic mass is 10.2. The Morgan fingerprint density at radius 3 is 2.12 bits per heavy atom. The van der Waals surface area contributed by atoms with E-state index in [2.05, 4.69) is 4.74 Å². The summed E-state index contributed by atoms with van der Waals surface area (Å²) in [4.78, 5) is 41.4. The van der Waals surface area contributed by atoms with E-state index in [0.29, 0.717) is 12.8 Å². The monoisotopic (exact) mass is 371 g/mol. The zero-order valence-electron chi connectivity index (χ0n) is 13.3. The van der Waals surface area contributed by atoms with Gasteiger partial charge in [-0.1, -0.05) is 0 Å². The van der Waals surface area contributed by atoms with Crippen molar-refractivity contribution in [2.45, 2.75) is 50.3 Å². The predicted molar refractivity (Wildman–Crippen MR) is 83.0 cm³/mol. The molecule has 2 atom stereocenters. The predicted octanol–water partition coefficient (Wildman–Crippen LogP) is -1.56. The van der Waals surface area contributed by atoms with Crippen LogP contribution in [-0.2, 0) is 23.6 Å². The van der Waals surface area contributed by atoms with Crippen LogP contribution in [0.1, 0.15) is 38.5 Å². The summed E-state index contributed by atoms with van der Waals surface area (Å²) in [5, 5.41) is 9.60. The van der Waals surface area contributed by atoms with Crippen LogP contribution >= 0.6 is 7.60 Å². The maximum Gasteiger partial charge on any atom is 0.371 e. The molecule has 0 fully saturated rings. The van der Waals surface area contributed by atoms with E-state index >= 15 is 0 Å². The Hall–Kier alpha value is -0.910. The molecular formula is C12H26N3O8P. The summed E-state index contributed by atoms with van der Waals surface area (Å²) in [6, 6.07) is 0. The minimum Gasteiger partial charge on any atom is -0.393 e. The van der Waals surface area contributed by atoms with Crippen LogP contribution in [0.2, 0.25) is 0 Å². The van der Waals surface area contributed by atoms with Gasteiger partial charge in [-0.05, 0) is 32.4 Å². The molecule has 0 rings (SSSR count). The summed E-state index contributed by atoms with van der Waals surface area (Å²) in [6.45, 7) is 0.493. The van der Waals surface area contributed by atoms with Gasteiger partial charge in [-0.3, -0.25) is 19.9 Å². The maximum absolute atomic E-state index is 11.5. The maximum atomic E-state index is 11.5. The first-order valence-corrected chi connectivity index (χ1v) is 9.01. The standard InChI is InChI=1S/C12H26N3O8P/c13-7-1-3-9(16)22-10(17)5-6-12(15,24(19,20)21)23-11(18)4-2-8-14/h11,18H,1-8,13-15H2,(H2,19,20,21). The minimum absolute atomic E-state index is 0.0114. The number of hydrogen-bond donors (Lipinski definition) is 6. The Labute approximate surface area is 139 Å². The molecule has 24 heavy (non-hydrogen) atoms. The molecule has 12 heteroatoms. The molecule has 0 aromatic carbocycles. The molecular weight excluding hydrogens is 345 g/mol. The van der Waals surface area contributed by atoms with Gasteiger partial charge in [-0.2, -0.15) is 0 Å². The average molecular weight is 371 g/mol. The van der Waals surface area contributed by atoms with Crippen molar-refractivity contribution in [1.29, 1.82) is 0 Å². The molecule has 0 aromatic rings. The molecule has 9 N–H and O–H groups in total. The molecule has 0 amide bonds. The zero-order chi connectivity index (χ0) is 18.8. The smallest absolute Gasteiger partial charge is 0.371 e. The Bertz CT molecular complexity index is 458. The van der Waals surface area contributed by atoms with E-state index in [1.165, 1.54) is 0 Å². The fourth-order valence-electron chi connectivity index (χ4n) is 1.62. The van der Waals surface area contributed by atoms with E-state index in [1.807, 2.05) is 0 Å². The second kappa shape index (κ2) is 10.9. The van der Waals surface area contributed by atoms with Gasteiger partial charge in [0.1, 0.15) is 0 Å². The quantitative estimate of drug-likeness (QED) is 0.0999. The molecule has 0 saturated carbocycles. The molecule has 0 aliphatic rings. The number of aliphatic hydroxyl groups excluding tert-OH is 1. The van der Waals surface area contributed by atoms with E-state index in [9.17, 15) is 29.0 Å². The summed E-state index contributed by atoms with van der Waals surface area (Å²) in [5.41, 5.74) is 13.4. The summed E-state index contributed by atoms with van der Waals surface area (Å²) in [5.74, 6) is -1.81. The number of carbonyl (C=O) groups excluding carboxylic acids is 2. The van der Waals surface area contributed by atoms with Crippen LogP contribution in [0.15, 0.2) is 0 Å². The number of aliphatic hydroxyl groups is 1.